The van der Waals surface area contributed by atoms with Gasteiger partial charge in [-0.3, -0.25) is 4.98 Å². The molecule has 16 heavy (non-hydrogen) atoms. The third-order valence-corrected chi connectivity index (χ3v) is 3.06. The summed E-state index contributed by atoms with van der Waals surface area (Å²) in [5.74, 6) is 0. The lowest BCUT2D eigenvalue weighted by Crippen LogP contribution is -2.42. The molecule has 0 aliphatic carbocycles. The molecule has 1 unspecified atom stereocenters. The predicted molar refractivity (Wildman–Crippen MR) is 69.6 cm³/mol. The fourth-order valence-corrected chi connectivity index (χ4v) is 1.88. The highest BCUT2D eigenvalue weighted by Gasteiger charge is 2.24. The molecular weight excluding hydrogens is 196 g/mol. The van der Waals surface area contributed by atoms with Gasteiger partial charge in [-0.2, -0.15) is 0 Å². The lowest BCUT2D eigenvalue weighted by atomic mass is 9.82. The summed E-state index contributed by atoms with van der Waals surface area (Å²) in [6.45, 7) is 12.2. The van der Waals surface area contributed by atoms with Crippen LogP contribution in [0.3, 0.4) is 0 Å². The monoisotopic (exact) mass is 220 g/mol. The van der Waals surface area contributed by atoms with Crippen LogP contribution in [0.4, 0.5) is 0 Å². The minimum absolute atomic E-state index is 0.283. The van der Waals surface area contributed by atoms with Crippen molar-refractivity contribution in [2.24, 2.45) is 5.41 Å². The molecular formula is C14H24N2. The number of aromatic nitrogens is 1. The molecule has 2 heteroatoms. The maximum absolute atomic E-state index is 4.14. The van der Waals surface area contributed by atoms with Crippen molar-refractivity contribution in [3.63, 3.8) is 0 Å². The Balaban J connectivity index is 2.80. The highest BCUT2D eigenvalue weighted by molar-refractivity contribution is 5.23. The smallest absolute Gasteiger partial charge is 0.0299 e. The Morgan fingerprint density at radius 2 is 2.06 bits per heavy atom. The van der Waals surface area contributed by atoms with Gasteiger partial charge in [0.1, 0.15) is 0 Å². The van der Waals surface area contributed by atoms with Crippen LogP contribution >= 0.6 is 0 Å². The van der Waals surface area contributed by atoms with E-state index < -0.39 is 0 Å². The maximum Gasteiger partial charge on any atom is 0.0299 e. The van der Waals surface area contributed by atoms with Gasteiger partial charge >= 0.3 is 0 Å². The van der Waals surface area contributed by atoms with Crippen LogP contribution in [0.25, 0.3) is 0 Å². The molecule has 1 aromatic rings. The van der Waals surface area contributed by atoms with E-state index in [2.05, 4.69) is 51.0 Å². The molecule has 90 valence electrons. The van der Waals surface area contributed by atoms with Crippen molar-refractivity contribution < 1.29 is 0 Å². The van der Waals surface area contributed by atoms with Crippen LogP contribution in [-0.4, -0.2) is 17.6 Å². The average Bonchev–Trinajstić information content (AvgIpc) is 2.19. The fraction of sp³-hybridized carbons (Fsp3) is 0.643. The van der Waals surface area contributed by atoms with Crippen molar-refractivity contribution in [1.29, 1.82) is 0 Å². The van der Waals surface area contributed by atoms with E-state index in [0.29, 0.717) is 6.04 Å². The lowest BCUT2D eigenvalue weighted by Gasteiger charge is -2.32. The van der Waals surface area contributed by atoms with Crippen molar-refractivity contribution in [2.45, 2.75) is 47.1 Å². The number of pyridine rings is 1. The van der Waals surface area contributed by atoms with Gasteiger partial charge in [0.05, 0.1) is 0 Å². The van der Waals surface area contributed by atoms with Gasteiger partial charge in [-0.15, -0.1) is 0 Å². The molecule has 1 aromatic heterocycles. The van der Waals surface area contributed by atoms with Crippen LogP contribution in [-0.2, 0) is 6.42 Å². The number of nitrogens with one attached hydrogen (secondary N) is 1. The first-order chi connectivity index (χ1) is 7.45. The molecule has 0 saturated heterocycles. The quantitative estimate of drug-likeness (QED) is 0.844. The molecule has 0 aromatic carbocycles. The zero-order chi connectivity index (χ0) is 12.2. The SMILES string of the molecule is CCNC(Cc1ccncc1C)C(C)(C)C. The van der Waals surface area contributed by atoms with Gasteiger partial charge in [-0.1, -0.05) is 27.7 Å². The van der Waals surface area contributed by atoms with E-state index in [-0.39, 0.29) is 5.41 Å². The van der Waals surface area contributed by atoms with Crippen LogP contribution in [0.2, 0.25) is 0 Å². The Kier molecular flexibility index (Phi) is 4.48. The Bertz CT molecular complexity index is 326. The van der Waals surface area contributed by atoms with E-state index in [9.17, 15) is 0 Å². The van der Waals surface area contributed by atoms with E-state index in [1.165, 1.54) is 11.1 Å². The Labute approximate surface area is 99.5 Å². The van der Waals surface area contributed by atoms with E-state index in [1.807, 2.05) is 12.4 Å². The first-order valence-corrected chi connectivity index (χ1v) is 6.08. The van der Waals surface area contributed by atoms with Crippen molar-refractivity contribution in [2.75, 3.05) is 6.54 Å². The molecule has 1 atom stereocenters. The van der Waals surface area contributed by atoms with Gasteiger partial charge in [0.2, 0.25) is 0 Å². The highest BCUT2D eigenvalue weighted by atomic mass is 14.9. The van der Waals surface area contributed by atoms with E-state index in [0.717, 1.165) is 13.0 Å². The molecule has 0 saturated carbocycles. The number of rotatable bonds is 4. The molecule has 2 nitrogen and oxygen atoms in total. The minimum atomic E-state index is 0.283. The molecule has 0 spiro atoms. The fourth-order valence-electron chi connectivity index (χ4n) is 1.88. The van der Waals surface area contributed by atoms with Gasteiger partial charge in [0, 0.05) is 18.4 Å². The third-order valence-electron chi connectivity index (χ3n) is 3.06. The minimum Gasteiger partial charge on any atom is -0.313 e. The molecule has 0 amide bonds. The first-order valence-electron chi connectivity index (χ1n) is 6.08. The van der Waals surface area contributed by atoms with Crippen molar-refractivity contribution in [3.8, 4) is 0 Å². The van der Waals surface area contributed by atoms with Gasteiger partial charge in [0.15, 0.2) is 0 Å². The van der Waals surface area contributed by atoms with Crippen LogP contribution in [0.15, 0.2) is 18.5 Å². The van der Waals surface area contributed by atoms with Crippen LogP contribution in [0.5, 0.6) is 0 Å². The summed E-state index contributed by atoms with van der Waals surface area (Å²) < 4.78 is 0. The second kappa shape index (κ2) is 5.44. The molecule has 1 heterocycles. The van der Waals surface area contributed by atoms with E-state index in [1.54, 1.807) is 0 Å². The standard InChI is InChI=1S/C14H24N2/c1-6-16-13(14(3,4)5)9-12-7-8-15-10-11(12)2/h7-8,10,13,16H,6,9H2,1-5H3. The number of likely N-dealkylation sites (N-methyl/N-ethyl adjacent to an activating group) is 1. The maximum atomic E-state index is 4.14. The van der Waals surface area contributed by atoms with Crippen LogP contribution in [0, 0.1) is 12.3 Å². The highest BCUT2D eigenvalue weighted by Crippen LogP contribution is 2.23. The lowest BCUT2D eigenvalue weighted by molar-refractivity contribution is 0.270. The number of hydrogen-bond acceptors (Lipinski definition) is 2. The average molecular weight is 220 g/mol. The molecule has 1 N–H and O–H groups in total. The van der Waals surface area contributed by atoms with Crippen molar-refractivity contribution in [3.05, 3.63) is 29.6 Å². The van der Waals surface area contributed by atoms with Crippen molar-refractivity contribution >= 4 is 0 Å². The molecule has 0 bridgehead atoms. The summed E-state index contributed by atoms with van der Waals surface area (Å²) in [6, 6.07) is 2.64. The summed E-state index contributed by atoms with van der Waals surface area (Å²) in [4.78, 5) is 4.14. The first kappa shape index (κ1) is 13.2. The number of hydrogen-bond donors (Lipinski definition) is 1. The summed E-state index contributed by atoms with van der Waals surface area (Å²) in [5, 5.41) is 3.58. The van der Waals surface area contributed by atoms with E-state index >= 15 is 0 Å². The largest absolute Gasteiger partial charge is 0.313 e. The van der Waals surface area contributed by atoms with Gasteiger partial charge in [-0.25, -0.2) is 0 Å². The Morgan fingerprint density at radius 1 is 1.38 bits per heavy atom. The molecule has 1 rings (SSSR count). The third kappa shape index (κ3) is 3.60. The molecule has 0 fully saturated rings. The summed E-state index contributed by atoms with van der Waals surface area (Å²) in [5.41, 5.74) is 2.97. The second-order valence-corrected chi connectivity index (χ2v) is 5.48. The van der Waals surface area contributed by atoms with Gasteiger partial charge in [-0.05, 0) is 42.5 Å². The van der Waals surface area contributed by atoms with Crippen LogP contribution in [0.1, 0.15) is 38.8 Å². The molecule has 0 aliphatic heterocycles. The normalized spacial score (nSPS) is 13.8. The number of nitrogens with zero attached hydrogens (tertiary/aromatic N) is 1. The summed E-state index contributed by atoms with van der Waals surface area (Å²) in [7, 11) is 0. The van der Waals surface area contributed by atoms with E-state index in [4.69, 9.17) is 0 Å². The van der Waals surface area contributed by atoms with Crippen LogP contribution < -0.4 is 5.32 Å². The topological polar surface area (TPSA) is 24.9 Å². The Morgan fingerprint density at radius 3 is 2.56 bits per heavy atom. The van der Waals surface area contributed by atoms with Gasteiger partial charge < -0.3 is 5.32 Å². The predicted octanol–water partition coefficient (Wildman–Crippen LogP) is 2.96. The summed E-state index contributed by atoms with van der Waals surface area (Å²) in [6.07, 6.45) is 4.90. The zero-order valence-corrected chi connectivity index (χ0v) is 11.2. The second-order valence-electron chi connectivity index (χ2n) is 5.48. The Hall–Kier alpha value is -0.890. The van der Waals surface area contributed by atoms with Crippen molar-refractivity contribution in [1.82, 2.24) is 10.3 Å². The van der Waals surface area contributed by atoms with Gasteiger partial charge in [0.25, 0.3) is 0 Å². The molecule has 0 aliphatic rings. The number of aryl methyl sites for hydroxylation is 1. The summed E-state index contributed by atoms with van der Waals surface area (Å²) >= 11 is 0. The zero-order valence-electron chi connectivity index (χ0n) is 11.2. The molecule has 0 radical (unpaired) electrons.